The molecule has 2 heteroatoms. The predicted octanol–water partition coefficient (Wildman–Crippen LogP) is 2.86. The van der Waals surface area contributed by atoms with E-state index in [0.29, 0.717) is 11.8 Å². The van der Waals surface area contributed by atoms with Gasteiger partial charge in [-0.15, -0.1) is 0 Å². The van der Waals surface area contributed by atoms with Crippen LogP contribution in [0, 0.1) is 11.8 Å². The number of nitrogens with zero attached hydrogens (tertiary/aromatic N) is 1. The van der Waals surface area contributed by atoms with Gasteiger partial charge < -0.3 is 5.32 Å². The van der Waals surface area contributed by atoms with Crippen molar-refractivity contribution in [3.05, 3.63) is 72.9 Å². The summed E-state index contributed by atoms with van der Waals surface area (Å²) in [6, 6.07) is 0.252. The van der Waals surface area contributed by atoms with Gasteiger partial charge in [-0.1, -0.05) is 61.8 Å². The largest absolute Gasteiger partial charge is 0.314 e. The molecule has 1 aliphatic heterocycles. The molecule has 21 heavy (non-hydrogen) atoms. The lowest BCUT2D eigenvalue weighted by Gasteiger charge is -2.39. The van der Waals surface area contributed by atoms with Crippen molar-refractivity contribution in [1.82, 2.24) is 10.2 Å². The Labute approximate surface area is 127 Å². The van der Waals surface area contributed by atoms with Crippen molar-refractivity contribution in [2.45, 2.75) is 6.04 Å². The van der Waals surface area contributed by atoms with Gasteiger partial charge in [0.25, 0.3) is 0 Å². The topological polar surface area (TPSA) is 15.3 Å². The molecule has 0 atom stereocenters. The quantitative estimate of drug-likeness (QED) is 0.779. The number of nitrogens with one attached hydrogen (secondary N) is 1. The van der Waals surface area contributed by atoms with Crippen molar-refractivity contribution in [3.8, 4) is 0 Å². The summed E-state index contributed by atoms with van der Waals surface area (Å²) in [5.41, 5.74) is 2.50. The third kappa shape index (κ3) is 3.02. The Balaban J connectivity index is 1.82. The highest BCUT2D eigenvalue weighted by Crippen LogP contribution is 2.32. The Hall–Kier alpha value is -1.64. The molecule has 3 rings (SSSR count). The summed E-state index contributed by atoms with van der Waals surface area (Å²) in [7, 11) is 0. The lowest BCUT2D eigenvalue weighted by Crippen LogP contribution is -2.50. The molecule has 0 saturated carbocycles. The van der Waals surface area contributed by atoms with Crippen LogP contribution < -0.4 is 5.32 Å². The number of piperazine rings is 1. The average molecular weight is 280 g/mol. The smallest absolute Gasteiger partial charge is 0.0534 e. The van der Waals surface area contributed by atoms with E-state index in [9.17, 15) is 0 Å². The Bertz CT molecular complexity index is 466. The van der Waals surface area contributed by atoms with Crippen LogP contribution in [0.4, 0.5) is 0 Å². The van der Waals surface area contributed by atoms with E-state index in [4.69, 9.17) is 0 Å². The Morgan fingerprint density at radius 2 is 1.29 bits per heavy atom. The Morgan fingerprint density at radius 1 is 0.857 bits per heavy atom. The van der Waals surface area contributed by atoms with Gasteiger partial charge in [-0.2, -0.15) is 0 Å². The summed E-state index contributed by atoms with van der Waals surface area (Å²) >= 11 is 0. The minimum Gasteiger partial charge on any atom is -0.314 e. The SMILES string of the molecule is C=C(C1C=CC=C1)C(C(=C)C1C=CC=C1)N1CCNCC1. The van der Waals surface area contributed by atoms with Crippen LogP contribution in [0.25, 0.3) is 0 Å². The van der Waals surface area contributed by atoms with Crippen LogP contribution in [0.2, 0.25) is 0 Å². The number of hydrogen-bond donors (Lipinski definition) is 1. The molecule has 0 aromatic heterocycles. The van der Waals surface area contributed by atoms with Gasteiger partial charge in [0.1, 0.15) is 0 Å². The number of hydrogen-bond acceptors (Lipinski definition) is 2. The van der Waals surface area contributed by atoms with Gasteiger partial charge in [0, 0.05) is 38.0 Å². The molecule has 110 valence electrons. The summed E-state index contributed by atoms with van der Waals surface area (Å²) in [5, 5.41) is 3.43. The van der Waals surface area contributed by atoms with E-state index in [1.807, 2.05) is 0 Å². The van der Waals surface area contributed by atoms with Crippen molar-refractivity contribution in [3.63, 3.8) is 0 Å². The molecule has 1 fully saturated rings. The van der Waals surface area contributed by atoms with Crippen LogP contribution in [0.15, 0.2) is 72.9 Å². The molecule has 0 spiro atoms. The zero-order valence-electron chi connectivity index (χ0n) is 12.5. The lowest BCUT2D eigenvalue weighted by atomic mass is 9.84. The molecule has 0 radical (unpaired) electrons. The van der Waals surface area contributed by atoms with E-state index in [2.05, 4.69) is 72.0 Å². The molecule has 0 aromatic rings. The fraction of sp³-hybridized carbons (Fsp3) is 0.368. The summed E-state index contributed by atoms with van der Waals surface area (Å²) in [6.45, 7) is 13.1. The van der Waals surface area contributed by atoms with Crippen molar-refractivity contribution in [2.24, 2.45) is 11.8 Å². The molecule has 0 bridgehead atoms. The lowest BCUT2D eigenvalue weighted by molar-refractivity contribution is 0.207. The molecular formula is C19H24N2. The molecule has 2 aliphatic carbocycles. The van der Waals surface area contributed by atoms with Crippen LogP contribution in [-0.2, 0) is 0 Å². The maximum atomic E-state index is 4.43. The van der Waals surface area contributed by atoms with Crippen LogP contribution in [0.1, 0.15) is 0 Å². The normalized spacial score (nSPS) is 22.7. The summed E-state index contributed by atoms with van der Waals surface area (Å²) in [5.74, 6) is 0.687. The summed E-state index contributed by atoms with van der Waals surface area (Å²) in [4.78, 5) is 2.53. The first-order chi connectivity index (χ1) is 10.3. The standard InChI is InChI=1S/C19H24N2/c1-15(17-7-3-4-8-17)19(21-13-11-20-12-14-21)16(2)18-9-5-6-10-18/h3-10,17-20H,1-2,11-14H2. The molecule has 1 N–H and O–H groups in total. The van der Waals surface area contributed by atoms with Crippen LogP contribution in [0.3, 0.4) is 0 Å². The minimum absolute atomic E-state index is 0.252. The molecule has 3 aliphatic rings. The van der Waals surface area contributed by atoms with Gasteiger partial charge in [0.2, 0.25) is 0 Å². The van der Waals surface area contributed by atoms with Crippen molar-refractivity contribution in [1.29, 1.82) is 0 Å². The average Bonchev–Trinajstić information content (AvgIpc) is 3.22. The van der Waals surface area contributed by atoms with Gasteiger partial charge in [-0.3, -0.25) is 4.90 Å². The van der Waals surface area contributed by atoms with Gasteiger partial charge in [0.05, 0.1) is 6.04 Å². The second-order valence-electron chi connectivity index (χ2n) is 5.93. The number of allylic oxidation sites excluding steroid dienone is 8. The zero-order valence-corrected chi connectivity index (χ0v) is 12.5. The Kier molecular flexibility index (Phi) is 4.37. The highest BCUT2D eigenvalue weighted by atomic mass is 15.2. The maximum absolute atomic E-state index is 4.43. The summed E-state index contributed by atoms with van der Waals surface area (Å²) in [6.07, 6.45) is 17.4. The van der Waals surface area contributed by atoms with Crippen molar-refractivity contribution in [2.75, 3.05) is 26.2 Å². The van der Waals surface area contributed by atoms with Crippen LogP contribution in [0.5, 0.6) is 0 Å². The second-order valence-corrected chi connectivity index (χ2v) is 5.93. The molecule has 1 heterocycles. The van der Waals surface area contributed by atoms with Crippen LogP contribution >= 0.6 is 0 Å². The van der Waals surface area contributed by atoms with E-state index < -0.39 is 0 Å². The highest BCUT2D eigenvalue weighted by molar-refractivity contribution is 5.39. The predicted molar refractivity (Wildman–Crippen MR) is 90.1 cm³/mol. The van der Waals surface area contributed by atoms with Gasteiger partial charge in [-0.05, 0) is 11.1 Å². The molecule has 1 saturated heterocycles. The maximum Gasteiger partial charge on any atom is 0.0534 e. The monoisotopic (exact) mass is 280 g/mol. The first kappa shape index (κ1) is 14.3. The van der Waals surface area contributed by atoms with E-state index in [-0.39, 0.29) is 6.04 Å². The van der Waals surface area contributed by atoms with Crippen LogP contribution in [-0.4, -0.2) is 37.1 Å². The van der Waals surface area contributed by atoms with Gasteiger partial charge in [0.15, 0.2) is 0 Å². The van der Waals surface area contributed by atoms with Crippen molar-refractivity contribution >= 4 is 0 Å². The third-order valence-electron chi connectivity index (χ3n) is 4.57. The third-order valence-corrected chi connectivity index (χ3v) is 4.57. The molecular weight excluding hydrogens is 256 g/mol. The molecule has 2 nitrogen and oxygen atoms in total. The first-order valence-electron chi connectivity index (χ1n) is 7.79. The van der Waals surface area contributed by atoms with E-state index in [1.54, 1.807) is 0 Å². The van der Waals surface area contributed by atoms with E-state index in [1.165, 1.54) is 11.1 Å². The number of rotatable bonds is 5. The summed E-state index contributed by atoms with van der Waals surface area (Å²) < 4.78 is 0. The zero-order chi connectivity index (χ0) is 14.7. The van der Waals surface area contributed by atoms with E-state index >= 15 is 0 Å². The Morgan fingerprint density at radius 3 is 1.71 bits per heavy atom. The minimum atomic E-state index is 0.252. The second kappa shape index (κ2) is 6.42. The van der Waals surface area contributed by atoms with Crippen molar-refractivity contribution < 1.29 is 0 Å². The molecule has 0 unspecified atom stereocenters. The molecule has 0 aromatic carbocycles. The first-order valence-corrected chi connectivity index (χ1v) is 7.79. The molecule has 0 amide bonds. The fourth-order valence-electron chi connectivity index (χ4n) is 3.37. The van der Waals surface area contributed by atoms with Gasteiger partial charge >= 0.3 is 0 Å². The fourth-order valence-corrected chi connectivity index (χ4v) is 3.37. The van der Waals surface area contributed by atoms with Gasteiger partial charge in [-0.25, -0.2) is 0 Å². The van der Waals surface area contributed by atoms with E-state index in [0.717, 1.165) is 26.2 Å². The highest BCUT2D eigenvalue weighted by Gasteiger charge is 2.30.